The Morgan fingerprint density at radius 2 is 1.78 bits per heavy atom. The first-order chi connectivity index (χ1) is 10.8. The van der Waals surface area contributed by atoms with Crippen molar-refractivity contribution in [2.75, 3.05) is 0 Å². The maximum atomic E-state index is 6.52. The minimum absolute atomic E-state index is 0.292. The SMILES string of the molecule is Cc1cccc(Cl)c1-n1c(C)[n+](CC(C)(C)N)c2ccccc21. The molecule has 0 unspecified atom stereocenters. The molecule has 3 rings (SSSR count). The van der Waals surface area contributed by atoms with Crippen LogP contribution in [0.5, 0.6) is 0 Å². The predicted octanol–water partition coefficient (Wildman–Crippen LogP) is 3.93. The molecule has 0 amide bonds. The summed E-state index contributed by atoms with van der Waals surface area (Å²) in [6, 6.07) is 14.4. The number of benzene rings is 2. The second-order valence-electron chi connectivity index (χ2n) is 6.85. The number of hydrogen-bond donors (Lipinski definition) is 1. The summed E-state index contributed by atoms with van der Waals surface area (Å²) in [6.07, 6.45) is 0. The maximum Gasteiger partial charge on any atom is 0.259 e. The molecule has 0 fully saturated rings. The zero-order valence-electron chi connectivity index (χ0n) is 14.1. The monoisotopic (exact) mass is 328 g/mol. The highest BCUT2D eigenvalue weighted by Crippen LogP contribution is 2.28. The molecular formula is C19H23ClN3+. The van der Waals surface area contributed by atoms with Crippen LogP contribution >= 0.6 is 11.6 Å². The first-order valence-electron chi connectivity index (χ1n) is 7.84. The molecule has 0 aliphatic carbocycles. The quantitative estimate of drug-likeness (QED) is 0.726. The van der Waals surface area contributed by atoms with Gasteiger partial charge in [0.2, 0.25) is 0 Å². The van der Waals surface area contributed by atoms with E-state index in [1.54, 1.807) is 0 Å². The first kappa shape index (κ1) is 16.0. The van der Waals surface area contributed by atoms with Crippen LogP contribution in [0.3, 0.4) is 0 Å². The van der Waals surface area contributed by atoms with Crippen LogP contribution in [0, 0.1) is 13.8 Å². The average molecular weight is 329 g/mol. The third-order valence-corrected chi connectivity index (χ3v) is 4.41. The van der Waals surface area contributed by atoms with E-state index >= 15 is 0 Å². The summed E-state index contributed by atoms with van der Waals surface area (Å²) in [5.74, 6) is 1.13. The van der Waals surface area contributed by atoms with E-state index in [1.165, 1.54) is 5.52 Å². The Morgan fingerprint density at radius 1 is 1.09 bits per heavy atom. The average Bonchev–Trinajstić information content (AvgIpc) is 2.72. The Morgan fingerprint density at radius 3 is 2.43 bits per heavy atom. The van der Waals surface area contributed by atoms with Gasteiger partial charge in [-0.3, -0.25) is 0 Å². The van der Waals surface area contributed by atoms with E-state index in [2.05, 4.69) is 53.3 Å². The summed E-state index contributed by atoms with van der Waals surface area (Å²) in [7, 11) is 0. The second kappa shape index (κ2) is 5.66. The van der Waals surface area contributed by atoms with E-state index in [0.717, 1.165) is 34.2 Å². The first-order valence-corrected chi connectivity index (χ1v) is 8.21. The minimum atomic E-state index is -0.292. The fourth-order valence-electron chi connectivity index (χ4n) is 3.15. The van der Waals surface area contributed by atoms with Crippen LogP contribution in [0.15, 0.2) is 42.5 Å². The molecule has 0 aliphatic heterocycles. The molecule has 3 aromatic rings. The van der Waals surface area contributed by atoms with E-state index in [4.69, 9.17) is 17.3 Å². The topological polar surface area (TPSA) is 34.8 Å². The number of nitrogens with two attached hydrogens (primary N) is 1. The van der Waals surface area contributed by atoms with Gasteiger partial charge in [0.15, 0.2) is 16.7 Å². The van der Waals surface area contributed by atoms with Crippen molar-refractivity contribution in [3.8, 4) is 5.69 Å². The van der Waals surface area contributed by atoms with Gasteiger partial charge < -0.3 is 5.73 Å². The molecule has 0 aliphatic rings. The van der Waals surface area contributed by atoms with Crippen molar-refractivity contribution in [3.05, 3.63) is 58.9 Å². The van der Waals surface area contributed by atoms with Gasteiger partial charge in [0, 0.05) is 12.5 Å². The summed E-state index contributed by atoms with van der Waals surface area (Å²) in [6.45, 7) is 9.05. The van der Waals surface area contributed by atoms with E-state index in [0.29, 0.717) is 0 Å². The van der Waals surface area contributed by atoms with Crippen molar-refractivity contribution < 1.29 is 4.57 Å². The summed E-state index contributed by atoms with van der Waals surface area (Å²) in [5, 5.41) is 0.757. The summed E-state index contributed by atoms with van der Waals surface area (Å²) < 4.78 is 4.51. The number of aryl methyl sites for hydroxylation is 1. The summed E-state index contributed by atoms with van der Waals surface area (Å²) >= 11 is 6.52. The smallest absolute Gasteiger partial charge is 0.259 e. The largest absolute Gasteiger partial charge is 0.322 e. The third-order valence-electron chi connectivity index (χ3n) is 4.11. The van der Waals surface area contributed by atoms with Crippen LogP contribution in [0.1, 0.15) is 25.2 Å². The molecule has 0 atom stereocenters. The van der Waals surface area contributed by atoms with E-state index < -0.39 is 0 Å². The van der Waals surface area contributed by atoms with E-state index in [-0.39, 0.29) is 5.54 Å². The van der Waals surface area contributed by atoms with Crippen molar-refractivity contribution in [2.24, 2.45) is 5.73 Å². The zero-order valence-corrected chi connectivity index (χ0v) is 14.9. The number of nitrogens with zero attached hydrogens (tertiary/aromatic N) is 2. The van der Waals surface area contributed by atoms with Crippen molar-refractivity contribution in [1.82, 2.24) is 4.57 Å². The fraction of sp³-hybridized carbons (Fsp3) is 0.316. The van der Waals surface area contributed by atoms with Crippen molar-refractivity contribution >= 4 is 22.6 Å². The Bertz CT molecular complexity index is 852. The van der Waals surface area contributed by atoms with E-state index in [1.807, 2.05) is 26.0 Å². The summed E-state index contributed by atoms with van der Waals surface area (Å²) in [5.41, 5.74) is 10.5. The molecule has 2 N–H and O–H groups in total. The molecule has 0 saturated heterocycles. The highest BCUT2D eigenvalue weighted by atomic mass is 35.5. The molecule has 2 aromatic carbocycles. The van der Waals surface area contributed by atoms with Crippen LogP contribution in [-0.4, -0.2) is 10.1 Å². The summed E-state index contributed by atoms with van der Waals surface area (Å²) in [4.78, 5) is 0. The van der Waals surface area contributed by atoms with Gasteiger partial charge >= 0.3 is 0 Å². The number of para-hydroxylation sites is 3. The molecule has 120 valence electrons. The van der Waals surface area contributed by atoms with Crippen LogP contribution in [0.4, 0.5) is 0 Å². The zero-order chi connectivity index (χ0) is 16.8. The van der Waals surface area contributed by atoms with E-state index in [9.17, 15) is 0 Å². The molecule has 4 heteroatoms. The fourth-order valence-corrected chi connectivity index (χ4v) is 3.45. The van der Waals surface area contributed by atoms with Gasteiger partial charge in [0.25, 0.3) is 5.82 Å². The molecule has 0 radical (unpaired) electrons. The van der Waals surface area contributed by atoms with Crippen molar-refractivity contribution in [1.29, 1.82) is 0 Å². The van der Waals surface area contributed by atoms with Crippen LogP contribution < -0.4 is 10.3 Å². The van der Waals surface area contributed by atoms with Gasteiger partial charge in [-0.05, 0) is 44.5 Å². The minimum Gasteiger partial charge on any atom is -0.322 e. The molecule has 0 saturated carbocycles. The number of aromatic nitrogens is 2. The molecule has 3 nitrogen and oxygen atoms in total. The number of halogens is 1. The lowest BCUT2D eigenvalue weighted by molar-refractivity contribution is -0.684. The van der Waals surface area contributed by atoms with Gasteiger partial charge in [0.05, 0.1) is 5.02 Å². The molecule has 1 heterocycles. The normalized spacial score (nSPS) is 12.1. The predicted molar refractivity (Wildman–Crippen MR) is 96.2 cm³/mol. The van der Waals surface area contributed by atoms with Crippen LogP contribution in [0.2, 0.25) is 5.02 Å². The van der Waals surface area contributed by atoms with Crippen LogP contribution in [0.25, 0.3) is 16.7 Å². The Labute approximate surface area is 142 Å². The van der Waals surface area contributed by atoms with Gasteiger partial charge in [-0.2, -0.15) is 4.57 Å². The Hall–Kier alpha value is -1.84. The highest BCUT2D eigenvalue weighted by molar-refractivity contribution is 6.32. The van der Waals surface area contributed by atoms with Crippen molar-refractivity contribution in [2.45, 2.75) is 39.8 Å². The standard InChI is InChI=1S/C19H23ClN3/c1-13-8-7-9-15(20)18(13)23-14(2)22(12-19(3,4)21)16-10-5-6-11-17(16)23/h5-11H,12,21H2,1-4H3/q+1. The number of imidazole rings is 1. The van der Waals surface area contributed by atoms with Gasteiger partial charge in [-0.1, -0.05) is 35.9 Å². The molecular weight excluding hydrogens is 306 g/mol. The number of rotatable bonds is 3. The lowest BCUT2D eigenvalue weighted by atomic mass is 10.1. The molecule has 0 bridgehead atoms. The maximum absolute atomic E-state index is 6.52. The Kier molecular flexibility index (Phi) is 3.95. The molecule has 23 heavy (non-hydrogen) atoms. The van der Waals surface area contributed by atoms with Crippen molar-refractivity contribution in [3.63, 3.8) is 0 Å². The second-order valence-corrected chi connectivity index (χ2v) is 7.26. The van der Waals surface area contributed by atoms with Gasteiger partial charge in [0.1, 0.15) is 6.54 Å². The van der Waals surface area contributed by atoms with Gasteiger partial charge in [-0.25, -0.2) is 4.57 Å². The number of fused-ring (bicyclic) bond motifs is 1. The third kappa shape index (κ3) is 2.87. The van der Waals surface area contributed by atoms with Crippen LogP contribution in [-0.2, 0) is 6.54 Å². The molecule has 1 aromatic heterocycles. The highest BCUT2D eigenvalue weighted by Gasteiger charge is 2.28. The lowest BCUT2D eigenvalue weighted by Gasteiger charge is -2.16. The Balaban J connectivity index is 2.37. The molecule has 0 spiro atoms. The number of hydrogen-bond acceptors (Lipinski definition) is 1. The lowest BCUT2D eigenvalue weighted by Crippen LogP contribution is -2.51. The van der Waals surface area contributed by atoms with Gasteiger partial charge in [-0.15, -0.1) is 0 Å².